The van der Waals surface area contributed by atoms with Gasteiger partial charge >= 0.3 is 0 Å². The van der Waals surface area contributed by atoms with E-state index in [9.17, 15) is 9.59 Å². The van der Waals surface area contributed by atoms with Crippen molar-refractivity contribution in [2.75, 3.05) is 11.6 Å². The Morgan fingerprint density at radius 2 is 1.84 bits per heavy atom. The summed E-state index contributed by atoms with van der Waals surface area (Å²) in [6.45, 7) is 5.22. The predicted molar refractivity (Wildman–Crippen MR) is 79.3 cm³/mol. The molecule has 2 amide bonds. The highest BCUT2D eigenvalue weighted by molar-refractivity contribution is 7.98. The van der Waals surface area contributed by atoms with Crippen molar-refractivity contribution in [2.45, 2.75) is 31.7 Å². The molecule has 0 aliphatic rings. The molecule has 0 saturated carbocycles. The van der Waals surface area contributed by atoms with Gasteiger partial charge in [0.05, 0.1) is 5.69 Å². The summed E-state index contributed by atoms with van der Waals surface area (Å²) >= 11 is 1.57. The second kappa shape index (κ2) is 7.19. The lowest BCUT2D eigenvalue weighted by Crippen LogP contribution is -2.46. The van der Waals surface area contributed by atoms with Crippen LogP contribution in [0.5, 0.6) is 0 Å². The van der Waals surface area contributed by atoms with Crippen LogP contribution >= 0.6 is 11.8 Å². The van der Waals surface area contributed by atoms with Crippen LogP contribution in [0.2, 0.25) is 0 Å². The van der Waals surface area contributed by atoms with Crippen molar-refractivity contribution in [3.8, 4) is 0 Å². The van der Waals surface area contributed by atoms with Crippen LogP contribution in [0.1, 0.15) is 20.8 Å². The van der Waals surface area contributed by atoms with Crippen LogP contribution in [0.4, 0.5) is 5.69 Å². The van der Waals surface area contributed by atoms with Gasteiger partial charge in [-0.05, 0) is 24.3 Å². The zero-order valence-electron chi connectivity index (χ0n) is 11.7. The maximum atomic E-state index is 12.2. The second-order valence-corrected chi connectivity index (χ2v) is 5.46. The Balaban J connectivity index is 2.84. The maximum Gasteiger partial charge on any atom is 0.247 e. The lowest BCUT2D eigenvalue weighted by molar-refractivity contribution is -0.126. The molecule has 0 saturated heterocycles. The van der Waals surface area contributed by atoms with E-state index >= 15 is 0 Å². The van der Waals surface area contributed by atoms with Gasteiger partial charge in [-0.2, -0.15) is 0 Å². The van der Waals surface area contributed by atoms with Crippen molar-refractivity contribution in [1.29, 1.82) is 0 Å². The molecule has 0 bridgehead atoms. The van der Waals surface area contributed by atoms with E-state index in [-0.39, 0.29) is 17.7 Å². The Kier molecular flexibility index (Phi) is 5.89. The number of nitrogens with one attached hydrogen (secondary N) is 2. The van der Waals surface area contributed by atoms with E-state index in [0.717, 1.165) is 10.6 Å². The van der Waals surface area contributed by atoms with E-state index in [1.165, 1.54) is 6.92 Å². The maximum absolute atomic E-state index is 12.2. The molecule has 0 spiro atoms. The Labute approximate surface area is 118 Å². The number of rotatable bonds is 5. The van der Waals surface area contributed by atoms with Crippen molar-refractivity contribution in [3.63, 3.8) is 0 Å². The van der Waals surface area contributed by atoms with Gasteiger partial charge in [-0.25, -0.2) is 0 Å². The van der Waals surface area contributed by atoms with Crippen molar-refractivity contribution in [1.82, 2.24) is 5.32 Å². The normalized spacial score (nSPS) is 12.1. The zero-order valence-corrected chi connectivity index (χ0v) is 12.5. The molecule has 104 valence electrons. The van der Waals surface area contributed by atoms with Crippen molar-refractivity contribution in [2.24, 2.45) is 5.92 Å². The van der Waals surface area contributed by atoms with E-state index in [2.05, 4.69) is 10.6 Å². The standard InChI is InChI=1S/C14H20N2O2S/c1-9(2)13(15-10(3)17)14(18)16-11-7-5-6-8-12(11)19-4/h5-9,13H,1-4H3,(H,15,17)(H,16,18). The van der Waals surface area contributed by atoms with Gasteiger partial charge in [0.25, 0.3) is 0 Å². The molecule has 1 rings (SSSR count). The molecule has 4 nitrogen and oxygen atoms in total. The quantitative estimate of drug-likeness (QED) is 0.815. The van der Waals surface area contributed by atoms with E-state index in [4.69, 9.17) is 0 Å². The number of hydrogen-bond acceptors (Lipinski definition) is 3. The number of hydrogen-bond donors (Lipinski definition) is 2. The molecular formula is C14H20N2O2S. The SMILES string of the molecule is CSc1ccccc1NC(=O)C(NC(C)=O)C(C)C. The van der Waals surface area contributed by atoms with Crippen LogP contribution in [0.3, 0.4) is 0 Å². The van der Waals surface area contributed by atoms with Crippen molar-refractivity contribution < 1.29 is 9.59 Å². The first-order chi connectivity index (χ1) is 8.95. The van der Waals surface area contributed by atoms with Crippen LogP contribution < -0.4 is 10.6 Å². The highest BCUT2D eigenvalue weighted by Gasteiger charge is 2.23. The van der Waals surface area contributed by atoms with Crippen LogP contribution in [0, 0.1) is 5.92 Å². The van der Waals surface area contributed by atoms with Crippen LogP contribution in [-0.2, 0) is 9.59 Å². The summed E-state index contributed by atoms with van der Waals surface area (Å²) in [5.74, 6) is -0.357. The number of anilines is 1. The molecular weight excluding hydrogens is 260 g/mol. The fourth-order valence-electron chi connectivity index (χ4n) is 1.71. The Hall–Kier alpha value is -1.49. The van der Waals surface area contributed by atoms with E-state index in [1.807, 2.05) is 44.4 Å². The molecule has 5 heteroatoms. The van der Waals surface area contributed by atoms with Crippen LogP contribution in [0.15, 0.2) is 29.2 Å². The summed E-state index contributed by atoms with van der Waals surface area (Å²) in [6, 6.07) is 7.08. The Morgan fingerprint density at radius 1 is 1.21 bits per heavy atom. The number of carbonyl (C=O) groups is 2. The average Bonchev–Trinajstić information content (AvgIpc) is 2.36. The lowest BCUT2D eigenvalue weighted by atomic mass is 10.0. The highest BCUT2D eigenvalue weighted by atomic mass is 32.2. The molecule has 1 aromatic carbocycles. The minimum atomic E-state index is -0.521. The minimum absolute atomic E-state index is 0.0327. The summed E-state index contributed by atoms with van der Waals surface area (Å²) in [6.07, 6.45) is 1.96. The topological polar surface area (TPSA) is 58.2 Å². The third kappa shape index (κ3) is 4.59. The third-order valence-corrected chi connectivity index (χ3v) is 3.47. The molecule has 1 atom stereocenters. The van der Waals surface area contributed by atoms with Gasteiger partial charge in [-0.15, -0.1) is 11.8 Å². The number of para-hydroxylation sites is 1. The molecule has 0 radical (unpaired) electrons. The molecule has 0 aliphatic carbocycles. The van der Waals surface area contributed by atoms with Gasteiger partial charge in [0, 0.05) is 11.8 Å². The van der Waals surface area contributed by atoms with Gasteiger partial charge in [0.1, 0.15) is 6.04 Å². The minimum Gasteiger partial charge on any atom is -0.344 e. The van der Waals surface area contributed by atoms with Gasteiger partial charge < -0.3 is 10.6 Å². The van der Waals surface area contributed by atoms with E-state index in [0.29, 0.717) is 0 Å². The van der Waals surface area contributed by atoms with E-state index < -0.39 is 6.04 Å². The molecule has 1 unspecified atom stereocenters. The fraction of sp³-hybridized carbons (Fsp3) is 0.429. The first-order valence-electron chi connectivity index (χ1n) is 6.16. The second-order valence-electron chi connectivity index (χ2n) is 4.61. The average molecular weight is 280 g/mol. The first kappa shape index (κ1) is 15.6. The van der Waals surface area contributed by atoms with Gasteiger partial charge in [0.2, 0.25) is 11.8 Å². The summed E-state index contributed by atoms with van der Waals surface area (Å²) in [7, 11) is 0. The molecule has 0 aliphatic heterocycles. The first-order valence-corrected chi connectivity index (χ1v) is 7.39. The summed E-state index contributed by atoms with van der Waals surface area (Å²) in [5, 5.41) is 5.55. The fourth-order valence-corrected chi connectivity index (χ4v) is 2.27. The van der Waals surface area contributed by atoms with Gasteiger partial charge in [-0.1, -0.05) is 26.0 Å². The number of thioether (sulfide) groups is 1. The number of amides is 2. The highest BCUT2D eigenvalue weighted by Crippen LogP contribution is 2.24. The molecule has 0 fully saturated rings. The summed E-state index contributed by atoms with van der Waals surface area (Å²) in [5.41, 5.74) is 0.774. The van der Waals surface area contributed by atoms with Gasteiger partial charge in [0.15, 0.2) is 0 Å². The van der Waals surface area contributed by atoms with Crippen molar-refractivity contribution in [3.05, 3.63) is 24.3 Å². The third-order valence-electron chi connectivity index (χ3n) is 2.67. The largest absolute Gasteiger partial charge is 0.344 e. The van der Waals surface area contributed by atoms with Gasteiger partial charge in [-0.3, -0.25) is 9.59 Å². The molecule has 1 aromatic rings. The van der Waals surface area contributed by atoms with Crippen LogP contribution in [-0.4, -0.2) is 24.1 Å². The Bertz CT molecular complexity index is 461. The Morgan fingerprint density at radius 3 is 2.37 bits per heavy atom. The zero-order chi connectivity index (χ0) is 14.4. The summed E-state index contributed by atoms with van der Waals surface area (Å²) in [4.78, 5) is 24.4. The predicted octanol–water partition coefficient (Wildman–Crippen LogP) is 2.51. The van der Waals surface area contributed by atoms with E-state index in [1.54, 1.807) is 11.8 Å². The number of benzene rings is 1. The molecule has 19 heavy (non-hydrogen) atoms. The summed E-state index contributed by atoms with van der Waals surface area (Å²) < 4.78 is 0. The molecule has 0 heterocycles. The molecule has 0 aromatic heterocycles. The molecule has 2 N–H and O–H groups in total. The smallest absolute Gasteiger partial charge is 0.247 e. The lowest BCUT2D eigenvalue weighted by Gasteiger charge is -2.21. The number of carbonyl (C=O) groups excluding carboxylic acids is 2. The van der Waals surface area contributed by atoms with Crippen molar-refractivity contribution >= 4 is 29.3 Å². The van der Waals surface area contributed by atoms with Crippen LogP contribution in [0.25, 0.3) is 0 Å². The monoisotopic (exact) mass is 280 g/mol.